The van der Waals surface area contributed by atoms with Crippen molar-refractivity contribution >= 4 is 11.7 Å². The van der Waals surface area contributed by atoms with Crippen molar-refractivity contribution in [1.82, 2.24) is 15.3 Å². The average Bonchev–Trinajstić information content (AvgIpc) is 2.08. The summed E-state index contributed by atoms with van der Waals surface area (Å²) < 4.78 is 0. The van der Waals surface area contributed by atoms with Crippen molar-refractivity contribution in [3.8, 4) is 0 Å². The van der Waals surface area contributed by atoms with E-state index in [1.807, 2.05) is 13.8 Å². The van der Waals surface area contributed by atoms with Crippen molar-refractivity contribution in [1.29, 1.82) is 0 Å². The minimum Gasteiger partial charge on any atom is -0.336 e. The third-order valence-electron chi connectivity index (χ3n) is 2.10. The van der Waals surface area contributed by atoms with Crippen LogP contribution in [0.1, 0.15) is 21.9 Å². The Morgan fingerprint density at radius 2 is 1.86 bits per heavy atom. The topological polar surface area (TPSA) is 92.9 Å². The molecule has 0 saturated carbocycles. The SMILES string of the molecule is Cc1nc2c(nc1C)C(=O)NC(N)N2. The van der Waals surface area contributed by atoms with Gasteiger partial charge >= 0.3 is 0 Å². The molecule has 1 aliphatic rings. The number of hydrogen-bond donors (Lipinski definition) is 3. The normalized spacial score (nSPS) is 19.6. The standard InChI is InChI=1S/C8H11N5O/c1-3-4(2)11-6-5(10-3)7(14)13-8(9)12-6/h8H,9H2,1-2H3,(H,11,12)(H,13,14). The number of carbonyl (C=O) groups is 1. The molecule has 74 valence electrons. The second kappa shape index (κ2) is 2.91. The van der Waals surface area contributed by atoms with Gasteiger partial charge in [0.25, 0.3) is 5.91 Å². The first-order chi connectivity index (χ1) is 6.58. The summed E-state index contributed by atoms with van der Waals surface area (Å²) in [5.41, 5.74) is 7.35. The number of nitrogens with two attached hydrogens (primary N) is 1. The smallest absolute Gasteiger partial charge is 0.276 e. The molecule has 6 heteroatoms. The number of rotatable bonds is 0. The van der Waals surface area contributed by atoms with Gasteiger partial charge in [-0.05, 0) is 13.8 Å². The van der Waals surface area contributed by atoms with Crippen molar-refractivity contribution < 1.29 is 4.79 Å². The van der Waals surface area contributed by atoms with Gasteiger partial charge in [-0.25, -0.2) is 9.97 Å². The van der Waals surface area contributed by atoms with Gasteiger partial charge in [0, 0.05) is 0 Å². The molecule has 1 aromatic rings. The Bertz CT molecular complexity index is 403. The molecule has 0 saturated heterocycles. The van der Waals surface area contributed by atoms with E-state index < -0.39 is 6.29 Å². The van der Waals surface area contributed by atoms with E-state index in [0.29, 0.717) is 11.5 Å². The van der Waals surface area contributed by atoms with Gasteiger partial charge in [0.15, 0.2) is 17.8 Å². The van der Waals surface area contributed by atoms with Crippen LogP contribution in [0, 0.1) is 13.8 Å². The number of fused-ring (bicyclic) bond motifs is 1. The van der Waals surface area contributed by atoms with E-state index >= 15 is 0 Å². The molecule has 1 amide bonds. The molecule has 1 aromatic heterocycles. The maximum atomic E-state index is 11.4. The lowest BCUT2D eigenvalue weighted by Gasteiger charge is -2.23. The molecule has 2 rings (SSSR count). The van der Waals surface area contributed by atoms with Crippen molar-refractivity contribution in [3.05, 3.63) is 17.1 Å². The predicted molar refractivity (Wildman–Crippen MR) is 50.6 cm³/mol. The van der Waals surface area contributed by atoms with Crippen molar-refractivity contribution in [2.45, 2.75) is 20.1 Å². The Kier molecular flexibility index (Phi) is 1.85. The fourth-order valence-corrected chi connectivity index (χ4v) is 1.26. The van der Waals surface area contributed by atoms with Gasteiger partial charge in [-0.15, -0.1) is 0 Å². The van der Waals surface area contributed by atoms with Crippen LogP contribution in [-0.4, -0.2) is 22.2 Å². The summed E-state index contributed by atoms with van der Waals surface area (Å²) in [6.45, 7) is 3.65. The van der Waals surface area contributed by atoms with Crippen LogP contribution in [0.5, 0.6) is 0 Å². The molecule has 1 unspecified atom stereocenters. The van der Waals surface area contributed by atoms with E-state index in [1.54, 1.807) is 0 Å². The number of amides is 1. The van der Waals surface area contributed by atoms with Gasteiger partial charge in [-0.1, -0.05) is 0 Å². The van der Waals surface area contributed by atoms with E-state index in [0.717, 1.165) is 11.4 Å². The molecule has 0 bridgehead atoms. The Labute approximate surface area is 80.9 Å². The van der Waals surface area contributed by atoms with Gasteiger partial charge < -0.3 is 10.6 Å². The molecule has 0 aliphatic carbocycles. The molecule has 14 heavy (non-hydrogen) atoms. The molecule has 0 aromatic carbocycles. The summed E-state index contributed by atoms with van der Waals surface area (Å²) in [4.78, 5) is 19.8. The molecule has 2 heterocycles. The van der Waals surface area contributed by atoms with Crippen LogP contribution in [0.3, 0.4) is 0 Å². The molecular formula is C8H11N5O. The number of nitrogens with one attached hydrogen (secondary N) is 2. The highest BCUT2D eigenvalue weighted by Gasteiger charge is 2.24. The van der Waals surface area contributed by atoms with E-state index in [4.69, 9.17) is 5.73 Å². The second-order valence-electron chi connectivity index (χ2n) is 3.19. The first-order valence-corrected chi connectivity index (χ1v) is 4.26. The molecule has 0 spiro atoms. The summed E-state index contributed by atoms with van der Waals surface area (Å²) in [5.74, 6) is 0.159. The van der Waals surface area contributed by atoms with Crippen molar-refractivity contribution in [2.24, 2.45) is 5.73 Å². The molecule has 0 fully saturated rings. The third-order valence-corrected chi connectivity index (χ3v) is 2.10. The van der Waals surface area contributed by atoms with Crippen LogP contribution in [-0.2, 0) is 0 Å². The zero-order valence-corrected chi connectivity index (χ0v) is 7.96. The quantitative estimate of drug-likeness (QED) is 0.516. The van der Waals surface area contributed by atoms with Crippen molar-refractivity contribution in [2.75, 3.05) is 5.32 Å². The number of hydrogen-bond acceptors (Lipinski definition) is 5. The molecule has 1 atom stereocenters. The first kappa shape index (κ1) is 8.89. The van der Waals surface area contributed by atoms with Gasteiger partial charge in [-0.2, -0.15) is 0 Å². The maximum Gasteiger partial charge on any atom is 0.276 e. The third kappa shape index (κ3) is 1.29. The van der Waals surface area contributed by atoms with Crippen molar-refractivity contribution in [3.63, 3.8) is 0 Å². The highest BCUT2D eigenvalue weighted by Crippen LogP contribution is 2.16. The van der Waals surface area contributed by atoms with E-state index in [1.165, 1.54) is 0 Å². The summed E-state index contributed by atoms with van der Waals surface area (Å²) >= 11 is 0. The zero-order chi connectivity index (χ0) is 10.3. The highest BCUT2D eigenvalue weighted by molar-refractivity contribution is 5.98. The highest BCUT2D eigenvalue weighted by atomic mass is 16.2. The van der Waals surface area contributed by atoms with E-state index in [2.05, 4.69) is 20.6 Å². The van der Waals surface area contributed by atoms with Crippen LogP contribution in [0.4, 0.5) is 5.82 Å². The lowest BCUT2D eigenvalue weighted by molar-refractivity contribution is 0.0931. The number of carbonyl (C=O) groups excluding carboxylic acids is 1. The fraction of sp³-hybridized carbons (Fsp3) is 0.375. The van der Waals surface area contributed by atoms with E-state index in [-0.39, 0.29) is 5.91 Å². The number of aromatic nitrogens is 2. The van der Waals surface area contributed by atoms with Crippen LogP contribution < -0.4 is 16.4 Å². The number of nitrogens with zero attached hydrogens (tertiary/aromatic N) is 2. The van der Waals surface area contributed by atoms with Crippen LogP contribution >= 0.6 is 0 Å². The maximum absolute atomic E-state index is 11.4. The van der Waals surface area contributed by atoms with Crippen LogP contribution in [0.15, 0.2) is 0 Å². The summed E-state index contributed by atoms with van der Waals surface area (Å²) in [5, 5.41) is 5.34. The largest absolute Gasteiger partial charge is 0.336 e. The lowest BCUT2D eigenvalue weighted by atomic mass is 10.2. The molecular weight excluding hydrogens is 182 g/mol. The number of anilines is 1. The number of aryl methyl sites for hydroxylation is 2. The summed E-state index contributed by atoms with van der Waals surface area (Å²) in [6.07, 6.45) is -0.591. The Morgan fingerprint density at radius 1 is 1.21 bits per heavy atom. The van der Waals surface area contributed by atoms with Gasteiger partial charge in [0.1, 0.15) is 0 Å². The molecule has 1 aliphatic heterocycles. The average molecular weight is 193 g/mol. The molecule has 6 nitrogen and oxygen atoms in total. The molecule has 4 N–H and O–H groups in total. The minimum absolute atomic E-state index is 0.290. The summed E-state index contributed by atoms with van der Waals surface area (Å²) in [6, 6.07) is 0. The van der Waals surface area contributed by atoms with E-state index in [9.17, 15) is 4.79 Å². The zero-order valence-electron chi connectivity index (χ0n) is 7.96. The minimum atomic E-state index is -0.591. The molecule has 0 radical (unpaired) electrons. The Balaban J connectivity index is 2.55. The first-order valence-electron chi connectivity index (χ1n) is 4.26. The lowest BCUT2D eigenvalue weighted by Crippen LogP contribution is -2.51. The van der Waals surface area contributed by atoms with Crippen LogP contribution in [0.25, 0.3) is 0 Å². The van der Waals surface area contributed by atoms with Crippen LogP contribution in [0.2, 0.25) is 0 Å². The van der Waals surface area contributed by atoms with Gasteiger partial charge in [0.2, 0.25) is 0 Å². The summed E-state index contributed by atoms with van der Waals surface area (Å²) in [7, 11) is 0. The van der Waals surface area contributed by atoms with Gasteiger partial charge in [0.05, 0.1) is 11.4 Å². The second-order valence-corrected chi connectivity index (χ2v) is 3.19. The predicted octanol–water partition coefficient (Wildman–Crippen LogP) is -0.509. The van der Waals surface area contributed by atoms with Gasteiger partial charge in [-0.3, -0.25) is 10.5 Å². The Hall–Kier alpha value is -1.69. The monoisotopic (exact) mass is 193 g/mol. The fourth-order valence-electron chi connectivity index (χ4n) is 1.26. The Morgan fingerprint density at radius 3 is 2.57 bits per heavy atom.